The summed E-state index contributed by atoms with van der Waals surface area (Å²) >= 11 is 5.82. The van der Waals surface area contributed by atoms with E-state index in [0.29, 0.717) is 0 Å². The van der Waals surface area contributed by atoms with Gasteiger partial charge < -0.3 is 15.5 Å². The molecule has 0 spiro atoms. The quantitative estimate of drug-likeness (QED) is 0.419. The molecule has 1 aromatic carbocycles. The Kier molecular flexibility index (Phi) is 6.07. The molecule has 1 saturated heterocycles. The minimum absolute atomic E-state index is 0.0761. The van der Waals surface area contributed by atoms with Gasteiger partial charge in [-0.15, -0.1) is 0 Å². The van der Waals surface area contributed by atoms with Crippen molar-refractivity contribution < 1.29 is 31.8 Å². The molecule has 0 aliphatic carbocycles. The lowest BCUT2D eigenvalue weighted by Gasteiger charge is -2.15. The number of aliphatic hydroxyl groups is 1. The number of hydrogen-bond acceptors (Lipinski definition) is 7. The van der Waals surface area contributed by atoms with Crippen LogP contribution in [0, 0.1) is 0 Å². The Morgan fingerprint density at radius 1 is 1.28 bits per heavy atom. The Hall–Kier alpha value is -1.24. The van der Waals surface area contributed by atoms with Crippen LogP contribution in [0.25, 0.3) is 0 Å². The fourth-order valence-corrected chi connectivity index (χ4v) is 5.72. The van der Waals surface area contributed by atoms with Gasteiger partial charge in [-0.25, -0.2) is 26.4 Å². The van der Waals surface area contributed by atoms with E-state index in [9.17, 15) is 26.7 Å². The number of halogens is 1. The largest absolute Gasteiger partial charge is 0.478 e. The first-order valence-corrected chi connectivity index (χ1v) is 10.8. The molecular weight excluding hydrogens is 396 g/mol. The number of rotatable bonds is 7. The van der Waals surface area contributed by atoms with Gasteiger partial charge in [-0.3, -0.25) is 0 Å². The van der Waals surface area contributed by atoms with E-state index >= 15 is 0 Å². The maximum absolute atomic E-state index is 12.2. The maximum atomic E-state index is 12.2. The lowest BCUT2D eigenvalue weighted by Crippen LogP contribution is -2.42. The summed E-state index contributed by atoms with van der Waals surface area (Å²) in [7, 11) is -7.34. The Bertz CT molecular complexity index is 870. The monoisotopic (exact) mass is 412 g/mol. The van der Waals surface area contributed by atoms with Crippen LogP contribution >= 0.6 is 11.6 Å². The van der Waals surface area contributed by atoms with Crippen molar-refractivity contribution in [1.82, 2.24) is 10.0 Å². The third-order valence-corrected chi connectivity index (χ3v) is 7.27. The molecule has 0 amide bonds. The summed E-state index contributed by atoms with van der Waals surface area (Å²) in [6, 6.07) is 2.66. The first-order valence-electron chi connectivity index (χ1n) is 7.16. The van der Waals surface area contributed by atoms with Crippen molar-refractivity contribution >= 4 is 37.4 Å². The Morgan fingerprint density at radius 3 is 2.52 bits per heavy atom. The van der Waals surface area contributed by atoms with E-state index in [1.54, 1.807) is 0 Å². The Morgan fingerprint density at radius 2 is 1.96 bits per heavy atom. The van der Waals surface area contributed by atoms with Crippen molar-refractivity contribution in [2.75, 3.05) is 24.6 Å². The summed E-state index contributed by atoms with van der Waals surface area (Å²) < 4.78 is 49.5. The standard InChI is InChI=1S/C13H17ClN2O7S2/c14-9-2-1-8(13(18)19)5-12(9)25(22,23)16-4-3-15-10-6-24(20,21)7-11(10)17/h1-2,5,10-11,15-17H,3-4,6-7H2,(H,18,19)/t10-,11+/m0/s1. The van der Waals surface area contributed by atoms with Gasteiger partial charge in [-0.05, 0) is 18.2 Å². The van der Waals surface area contributed by atoms with Gasteiger partial charge in [0.2, 0.25) is 10.0 Å². The molecule has 25 heavy (non-hydrogen) atoms. The van der Waals surface area contributed by atoms with Gasteiger partial charge in [-0.1, -0.05) is 11.6 Å². The number of aromatic carboxylic acids is 1. The molecule has 9 nitrogen and oxygen atoms in total. The zero-order valence-corrected chi connectivity index (χ0v) is 15.2. The third kappa shape index (κ3) is 5.12. The molecule has 1 aromatic rings. The highest BCUT2D eigenvalue weighted by molar-refractivity contribution is 7.91. The molecule has 1 fully saturated rings. The minimum Gasteiger partial charge on any atom is -0.478 e. The van der Waals surface area contributed by atoms with E-state index in [-0.39, 0.29) is 40.1 Å². The van der Waals surface area contributed by atoms with Crippen molar-refractivity contribution in [2.45, 2.75) is 17.0 Å². The molecule has 0 radical (unpaired) electrons. The van der Waals surface area contributed by atoms with E-state index in [4.69, 9.17) is 16.7 Å². The van der Waals surface area contributed by atoms with E-state index < -0.39 is 38.0 Å². The number of sulfonamides is 1. The average Bonchev–Trinajstić information content (AvgIpc) is 2.76. The highest BCUT2D eigenvalue weighted by Crippen LogP contribution is 2.22. The van der Waals surface area contributed by atoms with E-state index in [1.165, 1.54) is 12.1 Å². The number of carbonyl (C=O) groups is 1. The van der Waals surface area contributed by atoms with Crippen LogP contribution in [0.4, 0.5) is 0 Å². The number of carboxylic acids is 1. The lowest BCUT2D eigenvalue weighted by atomic mass is 10.2. The van der Waals surface area contributed by atoms with Gasteiger partial charge in [0.1, 0.15) is 4.90 Å². The number of benzene rings is 1. The summed E-state index contributed by atoms with van der Waals surface area (Å²) in [4.78, 5) is 10.6. The first-order chi connectivity index (χ1) is 11.5. The van der Waals surface area contributed by atoms with E-state index in [0.717, 1.165) is 6.07 Å². The maximum Gasteiger partial charge on any atom is 0.335 e. The smallest absolute Gasteiger partial charge is 0.335 e. The molecule has 2 rings (SSSR count). The topological polar surface area (TPSA) is 150 Å². The number of sulfone groups is 1. The van der Waals surface area contributed by atoms with Crippen molar-refractivity contribution in [1.29, 1.82) is 0 Å². The molecule has 2 atom stereocenters. The van der Waals surface area contributed by atoms with Crippen molar-refractivity contribution in [3.63, 3.8) is 0 Å². The predicted octanol–water partition coefficient (Wildman–Crippen LogP) is -0.936. The number of aliphatic hydroxyl groups excluding tert-OH is 1. The number of hydrogen-bond donors (Lipinski definition) is 4. The van der Waals surface area contributed by atoms with Crippen LogP contribution in [0.15, 0.2) is 23.1 Å². The zero-order chi connectivity index (χ0) is 18.8. The Labute approximate surface area is 150 Å². The second-order valence-corrected chi connectivity index (χ2v) is 9.85. The normalized spacial score (nSPS) is 22.8. The third-order valence-electron chi connectivity index (χ3n) is 3.61. The SMILES string of the molecule is O=C(O)c1ccc(Cl)c(S(=O)(=O)NCCN[C@H]2CS(=O)(=O)C[C@H]2O)c1. The predicted molar refractivity (Wildman–Crippen MR) is 90.1 cm³/mol. The second kappa shape index (κ2) is 7.56. The summed E-state index contributed by atoms with van der Waals surface area (Å²) in [6.45, 7) is -0.0219. The van der Waals surface area contributed by atoms with E-state index in [1.807, 2.05) is 0 Å². The van der Waals surface area contributed by atoms with Gasteiger partial charge >= 0.3 is 5.97 Å². The van der Waals surface area contributed by atoms with Gasteiger partial charge in [0.15, 0.2) is 9.84 Å². The summed E-state index contributed by atoms with van der Waals surface area (Å²) in [5.41, 5.74) is -0.220. The van der Waals surface area contributed by atoms with Gasteiger partial charge in [-0.2, -0.15) is 0 Å². The molecule has 1 aliphatic rings. The zero-order valence-electron chi connectivity index (χ0n) is 12.8. The molecule has 0 aromatic heterocycles. The molecule has 1 aliphatic heterocycles. The van der Waals surface area contributed by atoms with Crippen molar-refractivity contribution in [3.8, 4) is 0 Å². The number of nitrogens with one attached hydrogen (secondary N) is 2. The fraction of sp³-hybridized carbons (Fsp3) is 0.462. The van der Waals surface area contributed by atoms with Crippen LogP contribution in [-0.4, -0.2) is 69.8 Å². The van der Waals surface area contributed by atoms with E-state index in [2.05, 4.69) is 10.0 Å². The fourth-order valence-electron chi connectivity index (χ4n) is 2.39. The highest BCUT2D eigenvalue weighted by atomic mass is 35.5. The molecule has 1 heterocycles. The van der Waals surface area contributed by atoms with Gasteiger partial charge in [0.25, 0.3) is 0 Å². The molecule has 4 N–H and O–H groups in total. The minimum atomic E-state index is -4.05. The number of carboxylic acid groups (broad SMARTS) is 1. The Balaban J connectivity index is 1.96. The molecule has 0 saturated carbocycles. The summed E-state index contributed by atoms with van der Waals surface area (Å²) in [6.07, 6.45) is -1.04. The molecule has 140 valence electrons. The molecule has 0 bridgehead atoms. The van der Waals surface area contributed by atoms with Crippen LogP contribution in [0.1, 0.15) is 10.4 Å². The van der Waals surface area contributed by atoms with Crippen LogP contribution in [0.5, 0.6) is 0 Å². The molecule has 0 unspecified atom stereocenters. The average molecular weight is 413 g/mol. The molecule has 12 heteroatoms. The van der Waals surface area contributed by atoms with Crippen LogP contribution < -0.4 is 10.0 Å². The van der Waals surface area contributed by atoms with Gasteiger partial charge in [0, 0.05) is 19.1 Å². The van der Waals surface area contributed by atoms with Crippen LogP contribution in [-0.2, 0) is 19.9 Å². The van der Waals surface area contributed by atoms with Gasteiger partial charge in [0.05, 0.1) is 28.2 Å². The molecular formula is C13H17ClN2O7S2. The van der Waals surface area contributed by atoms with Crippen LogP contribution in [0.2, 0.25) is 5.02 Å². The van der Waals surface area contributed by atoms with Crippen molar-refractivity contribution in [3.05, 3.63) is 28.8 Å². The lowest BCUT2D eigenvalue weighted by molar-refractivity contribution is 0.0696. The summed E-state index contributed by atoms with van der Waals surface area (Å²) in [5, 5.41) is 21.2. The van der Waals surface area contributed by atoms with Crippen LogP contribution in [0.3, 0.4) is 0 Å². The first kappa shape index (κ1) is 20.1. The van der Waals surface area contributed by atoms with Crippen molar-refractivity contribution in [2.24, 2.45) is 0 Å². The second-order valence-electron chi connectivity index (χ2n) is 5.55. The summed E-state index contributed by atoms with van der Waals surface area (Å²) in [5.74, 6) is -1.83. The highest BCUT2D eigenvalue weighted by Gasteiger charge is 2.35.